The number of rotatable bonds is 2. The molecule has 2 aromatic heterocycles. The van der Waals surface area contributed by atoms with Crippen molar-refractivity contribution in [3.8, 4) is 5.69 Å². The molecule has 21 heavy (non-hydrogen) atoms. The number of hydrogen-bond acceptors (Lipinski definition) is 4. The van der Waals surface area contributed by atoms with E-state index in [4.69, 9.17) is 18.0 Å². The summed E-state index contributed by atoms with van der Waals surface area (Å²) in [5.74, 6) is 0. The van der Waals surface area contributed by atoms with Crippen LogP contribution in [-0.2, 0) is 0 Å². The molecule has 3 rings (SSSR count). The third kappa shape index (κ3) is 2.00. The van der Waals surface area contributed by atoms with Crippen LogP contribution in [0.3, 0.4) is 0 Å². The summed E-state index contributed by atoms with van der Waals surface area (Å²) >= 11 is 6.52. The van der Waals surface area contributed by atoms with Crippen LogP contribution >= 0.6 is 23.6 Å². The van der Waals surface area contributed by atoms with Crippen LogP contribution in [0.15, 0.2) is 22.4 Å². The predicted molar refractivity (Wildman–Crippen MR) is 88.8 cm³/mol. The van der Waals surface area contributed by atoms with Crippen LogP contribution in [-0.4, -0.2) is 19.2 Å². The predicted octanol–water partition coefficient (Wildman–Crippen LogP) is 2.11. The van der Waals surface area contributed by atoms with Crippen LogP contribution in [0.25, 0.3) is 10.6 Å². The van der Waals surface area contributed by atoms with Crippen molar-refractivity contribution in [3.63, 3.8) is 0 Å². The molecule has 0 saturated carbocycles. The lowest BCUT2D eigenvalue weighted by Crippen LogP contribution is -2.22. The van der Waals surface area contributed by atoms with Crippen LogP contribution in [0.4, 0.5) is 0 Å². The minimum Gasteiger partial charge on any atom is -0.389 e. The monoisotopic (exact) mass is 318 g/mol. The Morgan fingerprint density at radius 2 is 2.05 bits per heavy atom. The Kier molecular flexibility index (Phi) is 3.18. The average molecular weight is 318 g/mol. The van der Waals surface area contributed by atoms with E-state index in [1.54, 1.807) is 10.6 Å². The summed E-state index contributed by atoms with van der Waals surface area (Å²) in [6.07, 6.45) is 1.73. The van der Waals surface area contributed by atoms with E-state index >= 15 is 0 Å². The zero-order valence-corrected chi connectivity index (χ0v) is 13.5. The van der Waals surface area contributed by atoms with Gasteiger partial charge in [0.05, 0.1) is 5.69 Å². The number of nitrogens with two attached hydrogens (primary N) is 1. The van der Waals surface area contributed by atoms with Crippen molar-refractivity contribution in [2.45, 2.75) is 20.8 Å². The molecule has 1 aromatic carbocycles. The minimum absolute atomic E-state index is 0.167. The number of thiocarbonyl (C=S) groups is 1. The van der Waals surface area contributed by atoms with E-state index in [1.807, 2.05) is 32.2 Å². The number of fused-ring (bicyclic) bond motifs is 1. The van der Waals surface area contributed by atoms with Crippen molar-refractivity contribution >= 4 is 33.5 Å². The molecule has 0 atom stereocenters. The highest BCUT2D eigenvalue weighted by Gasteiger charge is 2.17. The molecule has 0 radical (unpaired) electrons. The molecule has 2 heterocycles. The molecule has 0 bridgehead atoms. The summed E-state index contributed by atoms with van der Waals surface area (Å²) in [4.78, 5) is 13.5. The van der Waals surface area contributed by atoms with Crippen LogP contribution in [0.2, 0.25) is 0 Å². The van der Waals surface area contributed by atoms with Gasteiger partial charge in [0.1, 0.15) is 4.99 Å². The lowest BCUT2D eigenvalue weighted by Gasteiger charge is -2.15. The van der Waals surface area contributed by atoms with Gasteiger partial charge >= 0.3 is 5.69 Å². The van der Waals surface area contributed by atoms with Crippen molar-refractivity contribution in [1.82, 2.24) is 14.2 Å². The van der Waals surface area contributed by atoms with Gasteiger partial charge in [0, 0.05) is 17.1 Å². The molecule has 0 fully saturated rings. The highest BCUT2D eigenvalue weighted by Crippen LogP contribution is 2.24. The lowest BCUT2D eigenvalue weighted by molar-refractivity contribution is 0.823. The Bertz CT molecular complexity index is 932. The second-order valence-corrected chi connectivity index (χ2v) is 6.27. The SMILES string of the molecule is Cc1cc(C(N)=S)c(C)c(C)c1-n1nc2sccn2c1=O. The molecule has 3 aromatic rings. The molecule has 0 aliphatic heterocycles. The van der Waals surface area contributed by atoms with Crippen molar-refractivity contribution in [3.05, 3.63) is 50.4 Å². The van der Waals surface area contributed by atoms with E-state index in [0.29, 0.717) is 9.95 Å². The maximum atomic E-state index is 12.4. The average Bonchev–Trinajstić information content (AvgIpc) is 2.98. The van der Waals surface area contributed by atoms with Gasteiger partial charge in [0.15, 0.2) is 0 Å². The Hall–Kier alpha value is -1.99. The second-order valence-electron chi connectivity index (χ2n) is 4.95. The molecule has 108 valence electrons. The van der Waals surface area contributed by atoms with Crippen LogP contribution < -0.4 is 11.4 Å². The standard InChI is InChI=1S/C14H14N4OS2/c1-7-6-10(12(15)20)8(2)9(3)11(7)18-14(19)17-4-5-21-13(17)16-18/h4-6H,1-3H3,(H2,15,20). The maximum absolute atomic E-state index is 12.4. The summed E-state index contributed by atoms with van der Waals surface area (Å²) in [5.41, 5.74) is 10.1. The quantitative estimate of drug-likeness (QED) is 0.735. The highest BCUT2D eigenvalue weighted by atomic mass is 32.1. The molecule has 0 aliphatic rings. The van der Waals surface area contributed by atoms with Crippen molar-refractivity contribution < 1.29 is 0 Å². The van der Waals surface area contributed by atoms with E-state index in [1.165, 1.54) is 16.0 Å². The Balaban J connectivity index is 2.35. The first-order valence-electron chi connectivity index (χ1n) is 6.37. The van der Waals surface area contributed by atoms with Crippen LogP contribution in [0.1, 0.15) is 22.3 Å². The molecular formula is C14H14N4OS2. The van der Waals surface area contributed by atoms with Gasteiger partial charge in [-0.25, -0.2) is 9.20 Å². The lowest BCUT2D eigenvalue weighted by atomic mass is 9.97. The minimum atomic E-state index is -0.167. The fourth-order valence-electron chi connectivity index (χ4n) is 2.52. The van der Waals surface area contributed by atoms with Crippen molar-refractivity contribution in [2.24, 2.45) is 5.73 Å². The molecule has 0 aliphatic carbocycles. The summed E-state index contributed by atoms with van der Waals surface area (Å²) in [5, 5.41) is 6.24. The van der Waals surface area contributed by atoms with E-state index in [0.717, 1.165) is 27.9 Å². The molecule has 2 N–H and O–H groups in total. The molecule has 0 amide bonds. The number of hydrogen-bond donors (Lipinski definition) is 1. The Morgan fingerprint density at radius 3 is 2.67 bits per heavy atom. The van der Waals surface area contributed by atoms with Gasteiger partial charge in [-0.1, -0.05) is 12.2 Å². The smallest absolute Gasteiger partial charge is 0.355 e. The van der Waals surface area contributed by atoms with Gasteiger partial charge in [-0.2, -0.15) is 4.68 Å². The summed E-state index contributed by atoms with van der Waals surface area (Å²) < 4.78 is 2.99. The molecule has 7 heteroatoms. The molecular weight excluding hydrogens is 304 g/mol. The number of aryl methyl sites for hydroxylation is 1. The van der Waals surface area contributed by atoms with E-state index < -0.39 is 0 Å². The van der Waals surface area contributed by atoms with Gasteiger partial charge < -0.3 is 5.73 Å². The Morgan fingerprint density at radius 1 is 1.33 bits per heavy atom. The van der Waals surface area contributed by atoms with Gasteiger partial charge in [0.2, 0.25) is 4.96 Å². The molecule has 0 saturated heterocycles. The van der Waals surface area contributed by atoms with Gasteiger partial charge in [-0.3, -0.25) is 0 Å². The third-order valence-electron chi connectivity index (χ3n) is 3.70. The first-order chi connectivity index (χ1) is 9.91. The van der Waals surface area contributed by atoms with Crippen LogP contribution in [0, 0.1) is 20.8 Å². The van der Waals surface area contributed by atoms with E-state index in [2.05, 4.69) is 5.10 Å². The zero-order chi connectivity index (χ0) is 15.3. The fraction of sp³-hybridized carbons (Fsp3) is 0.214. The fourth-order valence-corrected chi connectivity index (χ4v) is 3.41. The molecule has 5 nitrogen and oxygen atoms in total. The summed E-state index contributed by atoms with van der Waals surface area (Å²) in [6, 6.07) is 1.92. The van der Waals surface area contributed by atoms with Crippen molar-refractivity contribution in [2.75, 3.05) is 0 Å². The zero-order valence-electron chi connectivity index (χ0n) is 11.9. The Labute approximate surface area is 130 Å². The number of nitrogens with zero attached hydrogens (tertiary/aromatic N) is 3. The number of benzene rings is 1. The summed E-state index contributed by atoms with van der Waals surface area (Å²) in [6.45, 7) is 5.85. The molecule has 0 spiro atoms. The second kappa shape index (κ2) is 4.78. The maximum Gasteiger partial charge on any atom is 0.355 e. The third-order valence-corrected chi connectivity index (χ3v) is 4.66. The normalized spacial score (nSPS) is 11.2. The highest BCUT2D eigenvalue weighted by molar-refractivity contribution is 7.80. The van der Waals surface area contributed by atoms with Crippen LogP contribution in [0.5, 0.6) is 0 Å². The topological polar surface area (TPSA) is 65.3 Å². The van der Waals surface area contributed by atoms with Gasteiger partial charge in [-0.05, 0) is 43.5 Å². The number of thiazole rings is 1. The van der Waals surface area contributed by atoms with E-state index in [9.17, 15) is 4.79 Å². The van der Waals surface area contributed by atoms with Crippen molar-refractivity contribution in [1.29, 1.82) is 0 Å². The first-order valence-corrected chi connectivity index (χ1v) is 7.66. The largest absolute Gasteiger partial charge is 0.389 e. The first kappa shape index (κ1) is 14.0. The van der Waals surface area contributed by atoms with Gasteiger partial charge in [0.25, 0.3) is 0 Å². The molecule has 0 unspecified atom stereocenters. The summed E-state index contributed by atoms with van der Waals surface area (Å²) in [7, 11) is 0. The number of aromatic nitrogens is 3. The van der Waals surface area contributed by atoms with E-state index in [-0.39, 0.29) is 5.69 Å². The van der Waals surface area contributed by atoms with Gasteiger partial charge in [-0.15, -0.1) is 16.4 Å².